The molecule has 1 atom stereocenters. The van der Waals surface area contributed by atoms with Gasteiger partial charge in [-0.2, -0.15) is 13.2 Å². The monoisotopic (exact) mass is 410 g/mol. The topological polar surface area (TPSA) is 98.5 Å². The highest BCUT2D eigenvalue weighted by Crippen LogP contribution is 2.37. The quantitative estimate of drug-likeness (QED) is 0.447. The molecule has 10 heteroatoms. The molecule has 7 nitrogen and oxygen atoms in total. The van der Waals surface area contributed by atoms with E-state index in [-0.39, 0.29) is 5.56 Å². The number of hydrogen-bond donors (Lipinski definition) is 1. The summed E-state index contributed by atoms with van der Waals surface area (Å²) in [5.74, 6) is -1.81. The molecular weight excluding hydrogens is 393 g/mol. The van der Waals surface area contributed by atoms with Crippen molar-refractivity contribution in [2.24, 2.45) is 0 Å². The van der Waals surface area contributed by atoms with Crippen LogP contribution in [-0.4, -0.2) is 22.9 Å². The number of nitrogens with zero attached hydrogens (tertiary/aromatic N) is 1. The predicted octanol–water partition coefficient (Wildman–Crippen LogP) is 4.41. The molecule has 0 radical (unpaired) electrons. The smallest absolute Gasteiger partial charge is 0.418 e. The molecule has 0 saturated heterocycles. The molecule has 29 heavy (non-hydrogen) atoms. The standard InChI is InChI=1S/C19H17F3N2O5/c1-10-4-6-14(11(2)8-10)18(26)29-12(3)17(25)23-16-7-5-13(24(27)28)9-15(16)19(20,21)22/h4-9,12H,1-3H3,(H,23,25)/t12-/m1/s1. The van der Waals surface area contributed by atoms with Crippen LogP contribution in [0.3, 0.4) is 0 Å². The summed E-state index contributed by atoms with van der Waals surface area (Å²) in [4.78, 5) is 34.2. The summed E-state index contributed by atoms with van der Waals surface area (Å²) in [5, 5.41) is 12.7. The summed E-state index contributed by atoms with van der Waals surface area (Å²) in [6, 6.07) is 6.88. The lowest BCUT2D eigenvalue weighted by Gasteiger charge is -2.17. The van der Waals surface area contributed by atoms with Crippen LogP contribution >= 0.6 is 0 Å². The fourth-order valence-electron chi connectivity index (χ4n) is 2.54. The molecule has 0 heterocycles. The van der Waals surface area contributed by atoms with E-state index in [9.17, 15) is 32.9 Å². The average Bonchev–Trinajstić information content (AvgIpc) is 2.60. The number of non-ortho nitro benzene ring substituents is 1. The Balaban J connectivity index is 2.19. The van der Waals surface area contributed by atoms with Gasteiger partial charge in [0.05, 0.1) is 21.7 Å². The summed E-state index contributed by atoms with van der Waals surface area (Å²) in [6.07, 6.45) is -6.34. The first-order valence-corrected chi connectivity index (χ1v) is 8.35. The highest BCUT2D eigenvalue weighted by atomic mass is 19.4. The van der Waals surface area contributed by atoms with Crippen LogP contribution in [0.25, 0.3) is 0 Å². The third kappa shape index (κ3) is 5.31. The Labute approximate surface area is 163 Å². The van der Waals surface area contributed by atoms with E-state index in [1.165, 1.54) is 13.0 Å². The van der Waals surface area contributed by atoms with Crippen LogP contribution < -0.4 is 5.32 Å². The second kappa shape index (κ2) is 8.29. The van der Waals surface area contributed by atoms with E-state index in [0.717, 1.165) is 17.7 Å². The van der Waals surface area contributed by atoms with Gasteiger partial charge in [-0.05, 0) is 38.5 Å². The highest BCUT2D eigenvalue weighted by Gasteiger charge is 2.36. The summed E-state index contributed by atoms with van der Waals surface area (Å²) in [7, 11) is 0. The second-order valence-corrected chi connectivity index (χ2v) is 6.34. The van der Waals surface area contributed by atoms with Crippen molar-refractivity contribution in [3.8, 4) is 0 Å². The van der Waals surface area contributed by atoms with Crippen LogP contribution in [-0.2, 0) is 15.7 Å². The van der Waals surface area contributed by atoms with E-state index < -0.39 is 46.0 Å². The predicted molar refractivity (Wildman–Crippen MR) is 97.5 cm³/mol. The van der Waals surface area contributed by atoms with Crippen LogP contribution in [0, 0.1) is 24.0 Å². The molecule has 2 aromatic carbocycles. The minimum Gasteiger partial charge on any atom is -0.449 e. The lowest BCUT2D eigenvalue weighted by atomic mass is 10.1. The van der Waals surface area contributed by atoms with Crippen molar-refractivity contribution in [1.29, 1.82) is 0 Å². The molecule has 0 aliphatic rings. The maximum Gasteiger partial charge on any atom is 0.418 e. The molecule has 0 bridgehead atoms. The zero-order valence-electron chi connectivity index (χ0n) is 15.7. The van der Waals surface area contributed by atoms with E-state index in [4.69, 9.17) is 4.74 Å². The lowest BCUT2D eigenvalue weighted by molar-refractivity contribution is -0.385. The van der Waals surface area contributed by atoms with E-state index in [0.29, 0.717) is 11.6 Å². The number of ether oxygens (including phenoxy) is 1. The fraction of sp³-hybridized carbons (Fsp3) is 0.263. The van der Waals surface area contributed by atoms with Gasteiger partial charge in [0.1, 0.15) is 0 Å². The highest BCUT2D eigenvalue weighted by molar-refractivity contribution is 5.98. The molecule has 154 valence electrons. The maximum atomic E-state index is 13.2. The summed E-state index contributed by atoms with van der Waals surface area (Å²) in [6.45, 7) is 4.72. The van der Waals surface area contributed by atoms with Gasteiger partial charge < -0.3 is 10.1 Å². The summed E-state index contributed by atoms with van der Waals surface area (Å²) >= 11 is 0. The molecule has 0 aliphatic heterocycles. The van der Waals surface area contributed by atoms with Gasteiger partial charge in [0.15, 0.2) is 6.10 Å². The van der Waals surface area contributed by atoms with Crippen molar-refractivity contribution >= 4 is 23.3 Å². The van der Waals surface area contributed by atoms with Crippen LogP contribution in [0.4, 0.5) is 24.5 Å². The molecule has 0 saturated carbocycles. The average molecular weight is 410 g/mol. The van der Waals surface area contributed by atoms with Crippen molar-refractivity contribution in [3.63, 3.8) is 0 Å². The molecule has 0 aliphatic carbocycles. The number of nitro groups is 1. The van der Waals surface area contributed by atoms with Gasteiger partial charge in [0.2, 0.25) is 0 Å². The number of carbonyl (C=O) groups is 2. The molecule has 0 spiro atoms. The number of nitro benzene ring substituents is 1. The number of hydrogen-bond acceptors (Lipinski definition) is 5. The lowest BCUT2D eigenvalue weighted by Crippen LogP contribution is -2.31. The number of halogens is 3. The first-order chi connectivity index (χ1) is 13.4. The fourth-order valence-corrected chi connectivity index (χ4v) is 2.54. The van der Waals surface area contributed by atoms with Gasteiger partial charge in [-0.3, -0.25) is 14.9 Å². The Bertz CT molecular complexity index is 973. The molecule has 1 N–H and O–H groups in total. The van der Waals surface area contributed by atoms with Crippen molar-refractivity contribution in [2.45, 2.75) is 33.1 Å². The summed E-state index contributed by atoms with van der Waals surface area (Å²) < 4.78 is 44.6. The van der Waals surface area contributed by atoms with Crippen LogP contribution in [0.1, 0.15) is 34.0 Å². The van der Waals surface area contributed by atoms with Gasteiger partial charge in [0, 0.05) is 12.1 Å². The number of anilines is 1. The molecule has 2 rings (SSSR count). The van der Waals surface area contributed by atoms with Crippen molar-refractivity contribution < 1.29 is 32.4 Å². The number of nitrogens with one attached hydrogen (secondary N) is 1. The Morgan fingerprint density at radius 3 is 2.34 bits per heavy atom. The zero-order valence-corrected chi connectivity index (χ0v) is 15.7. The normalized spacial score (nSPS) is 12.2. The zero-order chi connectivity index (χ0) is 21.9. The molecule has 0 aromatic heterocycles. The largest absolute Gasteiger partial charge is 0.449 e. The minimum atomic E-state index is -4.94. The van der Waals surface area contributed by atoms with Crippen molar-refractivity contribution in [3.05, 3.63) is 68.8 Å². The van der Waals surface area contributed by atoms with Gasteiger partial charge >= 0.3 is 12.1 Å². The number of aryl methyl sites for hydroxylation is 2. The number of esters is 1. The first-order valence-electron chi connectivity index (χ1n) is 8.35. The number of rotatable bonds is 5. The van der Waals surface area contributed by atoms with E-state index in [1.807, 2.05) is 12.2 Å². The molecule has 1 amide bonds. The number of amides is 1. The molecule has 0 fully saturated rings. The third-order valence-electron chi connectivity index (χ3n) is 4.03. The second-order valence-electron chi connectivity index (χ2n) is 6.34. The molecule has 0 unspecified atom stereocenters. The molecule has 2 aromatic rings. The Kier molecular flexibility index (Phi) is 6.25. The number of carbonyl (C=O) groups excluding carboxylic acids is 2. The maximum absolute atomic E-state index is 13.2. The van der Waals surface area contributed by atoms with Gasteiger partial charge in [-0.15, -0.1) is 0 Å². The van der Waals surface area contributed by atoms with Crippen molar-refractivity contribution in [2.75, 3.05) is 5.32 Å². The minimum absolute atomic E-state index is 0.224. The first kappa shape index (κ1) is 21.9. The Morgan fingerprint density at radius 1 is 1.14 bits per heavy atom. The van der Waals surface area contributed by atoms with Gasteiger partial charge in [-0.25, -0.2) is 4.79 Å². The van der Waals surface area contributed by atoms with Crippen LogP contribution in [0.5, 0.6) is 0 Å². The SMILES string of the molecule is Cc1ccc(C(=O)O[C@H](C)C(=O)Nc2ccc([N+](=O)[O-])cc2C(F)(F)F)c(C)c1. The van der Waals surface area contributed by atoms with Gasteiger partial charge in [-0.1, -0.05) is 17.7 Å². The van der Waals surface area contributed by atoms with Crippen LogP contribution in [0.2, 0.25) is 0 Å². The third-order valence-corrected chi connectivity index (χ3v) is 4.03. The van der Waals surface area contributed by atoms with Gasteiger partial charge in [0.25, 0.3) is 11.6 Å². The van der Waals surface area contributed by atoms with E-state index >= 15 is 0 Å². The van der Waals surface area contributed by atoms with E-state index in [2.05, 4.69) is 0 Å². The Morgan fingerprint density at radius 2 is 1.79 bits per heavy atom. The number of benzene rings is 2. The van der Waals surface area contributed by atoms with Crippen molar-refractivity contribution in [1.82, 2.24) is 0 Å². The Hall–Kier alpha value is -3.43. The summed E-state index contributed by atoms with van der Waals surface area (Å²) in [5.41, 5.74) is -1.07. The van der Waals surface area contributed by atoms with Crippen LogP contribution in [0.15, 0.2) is 36.4 Å². The number of alkyl halides is 3. The molecular formula is C19H17F3N2O5. The van der Waals surface area contributed by atoms with E-state index in [1.54, 1.807) is 19.1 Å².